The van der Waals surface area contributed by atoms with Gasteiger partial charge in [0, 0.05) is 17.7 Å². The maximum Gasteiger partial charge on any atom is 0.425 e. The number of halogens is 5. The van der Waals surface area contributed by atoms with Gasteiger partial charge in [-0.05, 0) is 43.2 Å². The molecule has 2 atom stereocenters. The van der Waals surface area contributed by atoms with Crippen LogP contribution in [-0.2, 0) is 10.3 Å². The number of anilines is 1. The Bertz CT molecular complexity index is 1110. The molecule has 0 bridgehead atoms. The Balaban J connectivity index is 2.02. The molecule has 3 N–H and O–H groups in total. The highest BCUT2D eigenvalue weighted by atomic mass is 19.4. The summed E-state index contributed by atoms with van der Waals surface area (Å²) in [5.41, 5.74) is 3.12. The number of hydrogen-bond acceptors (Lipinski definition) is 6. The summed E-state index contributed by atoms with van der Waals surface area (Å²) in [6.07, 6.45) is -7.05. The topological polar surface area (TPSA) is 98.8 Å². The molecular formula is C21H21F5N4O3. The van der Waals surface area contributed by atoms with Gasteiger partial charge in [-0.1, -0.05) is 0 Å². The normalized spacial score (nSPS) is 20.6. The number of aryl methyl sites for hydroxylation is 2. The zero-order valence-electron chi connectivity index (χ0n) is 17.9. The number of alkyl halides is 4. The monoisotopic (exact) mass is 472 g/mol. The van der Waals surface area contributed by atoms with E-state index in [9.17, 15) is 22.4 Å². The van der Waals surface area contributed by atoms with Gasteiger partial charge in [0.25, 0.3) is 11.9 Å². The second kappa shape index (κ2) is 8.83. The number of carbonyl (C=O) groups excluding carboxylic acids is 1. The molecule has 2 unspecified atom stereocenters. The molecule has 178 valence electrons. The van der Waals surface area contributed by atoms with Crippen molar-refractivity contribution in [1.82, 2.24) is 4.98 Å². The highest BCUT2D eigenvalue weighted by Crippen LogP contribution is 2.42. The zero-order valence-corrected chi connectivity index (χ0v) is 17.9. The molecule has 0 aliphatic carbocycles. The quantitative estimate of drug-likeness (QED) is 0.643. The van der Waals surface area contributed by atoms with Crippen molar-refractivity contribution in [2.45, 2.75) is 38.1 Å². The number of pyridine rings is 1. The first-order valence-corrected chi connectivity index (χ1v) is 9.67. The van der Waals surface area contributed by atoms with Crippen LogP contribution in [0.3, 0.4) is 0 Å². The van der Waals surface area contributed by atoms with E-state index < -0.39 is 54.2 Å². The Morgan fingerprint density at radius 2 is 2.00 bits per heavy atom. The molecule has 33 heavy (non-hydrogen) atoms. The van der Waals surface area contributed by atoms with Gasteiger partial charge >= 0.3 is 6.18 Å². The van der Waals surface area contributed by atoms with Gasteiger partial charge in [-0.2, -0.15) is 13.2 Å². The first-order valence-electron chi connectivity index (χ1n) is 9.67. The minimum absolute atomic E-state index is 0.0163. The van der Waals surface area contributed by atoms with Crippen molar-refractivity contribution in [2.24, 2.45) is 10.7 Å². The van der Waals surface area contributed by atoms with Gasteiger partial charge in [0.15, 0.2) is 6.10 Å². The number of hydrogen-bond donors (Lipinski definition) is 2. The summed E-state index contributed by atoms with van der Waals surface area (Å²) in [7, 11) is 1.44. The van der Waals surface area contributed by atoms with Crippen LogP contribution < -0.4 is 15.8 Å². The average molecular weight is 472 g/mol. The minimum Gasteiger partial charge on any atom is -0.495 e. The summed E-state index contributed by atoms with van der Waals surface area (Å²) in [5.74, 6) is -1.20. The lowest BCUT2D eigenvalue weighted by Gasteiger charge is -2.37. The molecule has 12 heteroatoms. The maximum atomic E-state index is 15.0. The molecule has 0 saturated heterocycles. The van der Waals surface area contributed by atoms with Crippen LogP contribution >= 0.6 is 0 Å². The number of ether oxygens (including phenoxy) is 2. The number of amidine groups is 1. The van der Waals surface area contributed by atoms with Crippen LogP contribution in [0.5, 0.6) is 5.75 Å². The van der Waals surface area contributed by atoms with Crippen molar-refractivity contribution in [1.29, 1.82) is 0 Å². The van der Waals surface area contributed by atoms with E-state index in [4.69, 9.17) is 10.5 Å². The number of rotatable bonds is 5. The number of nitrogens with one attached hydrogen (secondary N) is 1. The van der Waals surface area contributed by atoms with Crippen molar-refractivity contribution >= 4 is 17.6 Å². The number of methoxy groups -OCH3 is 1. The maximum absolute atomic E-state index is 15.0. The van der Waals surface area contributed by atoms with E-state index in [1.807, 2.05) is 0 Å². The molecule has 1 aliphatic rings. The minimum atomic E-state index is -4.88. The van der Waals surface area contributed by atoms with Crippen molar-refractivity contribution in [3.63, 3.8) is 0 Å². The van der Waals surface area contributed by atoms with Gasteiger partial charge in [-0.3, -0.25) is 4.79 Å². The van der Waals surface area contributed by atoms with Gasteiger partial charge in [-0.15, -0.1) is 0 Å². The fourth-order valence-corrected chi connectivity index (χ4v) is 3.56. The SMILES string of the molecule is COc1cnc(C(=O)Nc2cc(C)c(F)c(C3(CF)CC(C(F)(F)F)OC(N)=N3)c2)c(C)c1. The Morgan fingerprint density at radius 1 is 1.30 bits per heavy atom. The van der Waals surface area contributed by atoms with Gasteiger partial charge in [0.2, 0.25) is 0 Å². The third-order valence-electron chi connectivity index (χ3n) is 5.21. The summed E-state index contributed by atoms with van der Waals surface area (Å²) < 4.78 is 78.6. The van der Waals surface area contributed by atoms with E-state index in [1.165, 1.54) is 26.3 Å². The first kappa shape index (κ1) is 24.2. The number of amides is 1. The van der Waals surface area contributed by atoms with Crippen LogP contribution in [0.25, 0.3) is 0 Å². The van der Waals surface area contributed by atoms with E-state index in [1.54, 1.807) is 13.0 Å². The van der Waals surface area contributed by atoms with Crippen molar-refractivity contribution < 1.29 is 36.2 Å². The van der Waals surface area contributed by atoms with E-state index >= 15 is 4.39 Å². The van der Waals surface area contributed by atoms with Crippen LogP contribution in [0.2, 0.25) is 0 Å². The third kappa shape index (κ3) is 4.83. The molecule has 0 radical (unpaired) electrons. The number of aromatic nitrogens is 1. The van der Waals surface area contributed by atoms with Crippen LogP contribution in [-0.4, -0.2) is 43.0 Å². The summed E-state index contributed by atoms with van der Waals surface area (Å²) in [4.78, 5) is 20.4. The molecule has 7 nitrogen and oxygen atoms in total. The fraction of sp³-hybridized carbons (Fsp3) is 0.381. The van der Waals surface area contributed by atoms with E-state index in [0.717, 1.165) is 6.07 Å². The van der Waals surface area contributed by atoms with Gasteiger partial charge in [0.1, 0.15) is 29.5 Å². The number of nitrogens with zero attached hydrogens (tertiary/aromatic N) is 2. The number of aliphatic imine (C=N–C) groups is 1. The lowest BCUT2D eigenvalue weighted by molar-refractivity contribution is -0.209. The largest absolute Gasteiger partial charge is 0.495 e. The van der Waals surface area contributed by atoms with Gasteiger partial charge < -0.3 is 20.5 Å². The standard InChI is InChI=1S/C21H21F5N4O3/c1-10-4-12(29-18(31)17-11(2)5-13(32-3)8-28-17)6-14(16(10)23)20(9-22)7-15(21(24,25)26)33-19(27)30-20/h4-6,8,15H,7,9H2,1-3H3,(H2,27,30)(H,29,31). The molecule has 0 fully saturated rings. The second-order valence-electron chi connectivity index (χ2n) is 7.62. The Morgan fingerprint density at radius 3 is 2.58 bits per heavy atom. The number of nitrogens with two attached hydrogens (primary N) is 1. The number of benzene rings is 1. The van der Waals surface area contributed by atoms with Crippen molar-refractivity contribution in [3.8, 4) is 5.75 Å². The van der Waals surface area contributed by atoms with E-state index in [0.29, 0.717) is 11.3 Å². The zero-order chi connectivity index (χ0) is 24.6. The lowest BCUT2D eigenvalue weighted by atomic mass is 9.83. The molecule has 2 aromatic rings. The van der Waals surface area contributed by atoms with Crippen LogP contribution in [0, 0.1) is 19.7 Å². The molecule has 1 aromatic carbocycles. The Labute approximate surface area is 185 Å². The predicted molar refractivity (Wildman–Crippen MR) is 109 cm³/mol. The fourth-order valence-electron chi connectivity index (χ4n) is 3.56. The summed E-state index contributed by atoms with van der Waals surface area (Å²) in [6.45, 7) is 1.47. The van der Waals surface area contributed by atoms with E-state index in [2.05, 4.69) is 20.0 Å². The smallest absolute Gasteiger partial charge is 0.425 e. The van der Waals surface area contributed by atoms with Crippen LogP contribution in [0.1, 0.15) is 33.6 Å². The van der Waals surface area contributed by atoms with Crippen molar-refractivity contribution in [3.05, 3.63) is 52.6 Å². The van der Waals surface area contributed by atoms with Crippen LogP contribution in [0.15, 0.2) is 29.4 Å². The summed E-state index contributed by atoms with van der Waals surface area (Å²) >= 11 is 0. The molecule has 0 saturated carbocycles. The highest BCUT2D eigenvalue weighted by Gasteiger charge is 2.52. The molecule has 1 aromatic heterocycles. The first-order chi connectivity index (χ1) is 15.4. The molecule has 1 aliphatic heterocycles. The van der Waals surface area contributed by atoms with Crippen molar-refractivity contribution in [2.75, 3.05) is 19.1 Å². The molecular weight excluding hydrogens is 451 g/mol. The Kier molecular flexibility index (Phi) is 6.48. The molecule has 3 rings (SSSR count). The van der Waals surface area contributed by atoms with Gasteiger partial charge in [-0.25, -0.2) is 18.8 Å². The molecule has 1 amide bonds. The van der Waals surface area contributed by atoms with Crippen LogP contribution in [0.4, 0.5) is 27.6 Å². The summed E-state index contributed by atoms with van der Waals surface area (Å²) in [5, 5.41) is 2.51. The summed E-state index contributed by atoms with van der Waals surface area (Å²) in [6, 6.07) is 2.97. The highest BCUT2D eigenvalue weighted by molar-refractivity contribution is 6.04. The molecule has 0 spiro atoms. The second-order valence-corrected chi connectivity index (χ2v) is 7.62. The number of carbonyl (C=O) groups is 1. The van der Waals surface area contributed by atoms with E-state index in [-0.39, 0.29) is 16.9 Å². The Hall–Kier alpha value is -3.44. The predicted octanol–water partition coefficient (Wildman–Crippen LogP) is 3.93. The third-order valence-corrected chi connectivity index (χ3v) is 5.21. The lowest BCUT2D eigenvalue weighted by Crippen LogP contribution is -2.48. The van der Waals surface area contributed by atoms with Gasteiger partial charge in [0.05, 0.1) is 13.3 Å². The average Bonchev–Trinajstić information content (AvgIpc) is 2.74. The molecule has 2 heterocycles.